The molecule has 3 aromatic heterocycles. The minimum Gasteiger partial charge on any atom is -0.374 e. The molecule has 280 valence electrons. The van der Waals surface area contributed by atoms with Crippen LogP contribution in [0.4, 0.5) is 17.6 Å². The summed E-state index contributed by atoms with van der Waals surface area (Å²) in [5.74, 6) is -2.98. The van der Waals surface area contributed by atoms with Gasteiger partial charge >= 0.3 is 0 Å². The van der Waals surface area contributed by atoms with Crippen molar-refractivity contribution in [2.45, 2.75) is 64.6 Å². The maximum atomic E-state index is 14.4. The van der Waals surface area contributed by atoms with E-state index in [4.69, 9.17) is 19.4 Å². The third-order valence-corrected chi connectivity index (χ3v) is 10.1. The molecule has 2 N–H and O–H groups in total. The largest absolute Gasteiger partial charge is 0.374 e. The standard InChI is InChI=1S/C44H42F4N4O2.2Na/c1-25(43-37(45)7-5-8-38(43)46)15-17-53-27(3)35-21-33-20-31-12-11-29(49-31)19-30-13-14-32(50-30)23-41-36(22-34(52-41)24-42(35)51-33)28(4)54-18-16-26(2)44-39(47)9-6-10-40(44)48;;/h5-14,19-28,50-51H,15-18H2,1-4H3;;. The van der Waals surface area contributed by atoms with Gasteiger partial charge in [-0.3, -0.25) is 0 Å². The number of ether oxygens (including phenoxy) is 2. The van der Waals surface area contributed by atoms with Crippen LogP contribution in [0.3, 0.4) is 0 Å². The van der Waals surface area contributed by atoms with E-state index in [1.807, 2.05) is 74.5 Å². The Morgan fingerprint density at radius 1 is 0.571 bits per heavy atom. The predicted octanol–water partition coefficient (Wildman–Crippen LogP) is 10.7. The summed E-state index contributed by atoms with van der Waals surface area (Å²) >= 11 is 0. The number of hydrogen-bond donors (Lipinski definition) is 2. The number of benzene rings is 2. The third kappa shape index (κ3) is 10.2. The van der Waals surface area contributed by atoms with Crippen LogP contribution < -0.4 is 0 Å². The van der Waals surface area contributed by atoms with Crippen LogP contribution in [0.2, 0.25) is 0 Å². The second-order valence-corrected chi connectivity index (χ2v) is 14.0. The van der Waals surface area contributed by atoms with Gasteiger partial charge in [-0.2, -0.15) is 0 Å². The van der Waals surface area contributed by atoms with E-state index in [0.29, 0.717) is 18.5 Å². The summed E-state index contributed by atoms with van der Waals surface area (Å²) in [6, 6.07) is 21.7. The van der Waals surface area contributed by atoms with Crippen LogP contribution in [0.5, 0.6) is 0 Å². The van der Waals surface area contributed by atoms with Crippen molar-refractivity contribution in [2.24, 2.45) is 0 Å². The first kappa shape index (κ1) is 43.8. The number of H-pyrrole nitrogens is 2. The van der Waals surface area contributed by atoms with Crippen molar-refractivity contribution in [3.05, 3.63) is 142 Å². The van der Waals surface area contributed by atoms with Crippen LogP contribution in [0, 0.1) is 23.3 Å². The molecular formula is C44H42F4N4Na2O2. The van der Waals surface area contributed by atoms with Gasteiger partial charge < -0.3 is 19.4 Å². The van der Waals surface area contributed by atoms with Gasteiger partial charge in [0, 0.05) is 117 Å². The van der Waals surface area contributed by atoms with Gasteiger partial charge in [0.1, 0.15) is 23.3 Å². The van der Waals surface area contributed by atoms with E-state index in [-0.39, 0.29) is 107 Å². The Kier molecular flexibility index (Phi) is 15.2. The Hall–Kier alpha value is -3.32. The van der Waals surface area contributed by atoms with Crippen molar-refractivity contribution in [3.63, 3.8) is 0 Å². The molecule has 12 heteroatoms. The van der Waals surface area contributed by atoms with Gasteiger partial charge in [0.15, 0.2) is 0 Å². The minimum atomic E-state index is -0.558. The van der Waals surface area contributed by atoms with Crippen LogP contribution in [0.1, 0.15) is 97.9 Å². The maximum absolute atomic E-state index is 14.4. The van der Waals surface area contributed by atoms with E-state index >= 15 is 0 Å². The zero-order valence-electron chi connectivity index (χ0n) is 32.6. The Morgan fingerprint density at radius 3 is 1.66 bits per heavy atom. The molecule has 0 amide bonds. The van der Waals surface area contributed by atoms with Gasteiger partial charge in [0.25, 0.3) is 0 Å². The van der Waals surface area contributed by atoms with Gasteiger partial charge in [-0.05, 0) is 123 Å². The van der Waals surface area contributed by atoms with Gasteiger partial charge in [0.05, 0.1) is 35.0 Å². The topological polar surface area (TPSA) is 75.8 Å². The number of rotatable bonds is 12. The molecule has 4 unspecified atom stereocenters. The molecule has 2 aliphatic heterocycles. The van der Waals surface area contributed by atoms with Crippen molar-refractivity contribution in [3.8, 4) is 0 Å². The van der Waals surface area contributed by atoms with Crippen molar-refractivity contribution in [1.82, 2.24) is 19.9 Å². The number of hydrogen-bond acceptors (Lipinski definition) is 4. The Morgan fingerprint density at radius 2 is 1.09 bits per heavy atom. The number of aromatic nitrogens is 4. The smallest absolute Gasteiger partial charge is 0.129 e. The molecule has 2 radical (unpaired) electrons. The van der Waals surface area contributed by atoms with Crippen LogP contribution in [-0.4, -0.2) is 98.4 Å². The fourth-order valence-corrected chi connectivity index (χ4v) is 7.07. The average Bonchev–Trinajstić information content (AvgIpc) is 3.93. The molecule has 0 aliphatic carbocycles. The molecule has 0 saturated heterocycles. The van der Waals surface area contributed by atoms with Crippen molar-refractivity contribution in [2.75, 3.05) is 13.2 Å². The summed E-state index contributed by atoms with van der Waals surface area (Å²) in [4.78, 5) is 16.7. The molecule has 2 aliphatic rings. The monoisotopic (exact) mass is 780 g/mol. The second-order valence-electron chi connectivity index (χ2n) is 14.0. The number of halogens is 4. The Bertz CT molecular complexity index is 2370. The molecule has 4 atom stereocenters. The molecule has 56 heavy (non-hydrogen) atoms. The SMILES string of the molecule is CC(OCCC(C)c1c(F)cccc1F)C1=Cc2cc3[nH]c(cc4nc(cc5ccc(cc1n2)[nH]5)C=C4)cc3C(C)OCCC(C)c1c(F)cccc1F.[Na].[Na]. The first-order valence-electron chi connectivity index (χ1n) is 18.3. The van der Waals surface area contributed by atoms with E-state index in [2.05, 4.69) is 9.97 Å². The minimum absolute atomic E-state index is 0. The van der Waals surface area contributed by atoms with E-state index in [1.165, 1.54) is 36.4 Å². The van der Waals surface area contributed by atoms with Crippen LogP contribution >= 0.6 is 0 Å². The number of aromatic amines is 2. The van der Waals surface area contributed by atoms with Gasteiger partial charge in [-0.25, -0.2) is 27.5 Å². The van der Waals surface area contributed by atoms with E-state index in [0.717, 1.165) is 50.3 Å². The van der Waals surface area contributed by atoms with E-state index in [1.54, 1.807) is 13.8 Å². The fraction of sp³-hybridized carbons (Fsp3) is 0.273. The van der Waals surface area contributed by atoms with Crippen LogP contribution in [0.15, 0.2) is 78.9 Å². The van der Waals surface area contributed by atoms with Crippen molar-refractivity contribution < 1.29 is 27.0 Å². The molecular weight excluding hydrogens is 738 g/mol. The molecule has 6 nitrogen and oxygen atoms in total. The molecule has 0 fully saturated rings. The van der Waals surface area contributed by atoms with E-state index in [9.17, 15) is 17.6 Å². The average molecular weight is 781 g/mol. The molecule has 5 aromatic rings. The van der Waals surface area contributed by atoms with Crippen LogP contribution in [0.25, 0.3) is 45.9 Å². The maximum Gasteiger partial charge on any atom is 0.129 e. The molecule has 5 heterocycles. The van der Waals surface area contributed by atoms with E-state index < -0.39 is 23.3 Å². The first-order valence-corrected chi connectivity index (χ1v) is 18.3. The quantitative estimate of drug-likeness (QED) is 0.0958. The summed E-state index contributed by atoms with van der Waals surface area (Å²) < 4.78 is 70.3. The molecule has 7 rings (SSSR count). The zero-order chi connectivity index (χ0) is 37.9. The molecule has 0 spiro atoms. The van der Waals surface area contributed by atoms with Gasteiger partial charge in [-0.1, -0.05) is 26.0 Å². The van der Waals surface area contributed by atoms with Gasteiger partial charge in [0.2, 0.25) is 0 Å². The summed E-state index contributed by atoms with van der Waals surface area (Å²) in [6.45, 7) is 8.05. The van der Waals surface area contributed by atoms with Crippen molar-refractivity contribution >= 4 is 105 Å². The summed E-state index contributed by atoms with van der Waals surface area (Å²) in [5.41, 5.74) is 8.23. The van der Waals surface area contributed by atoms with Crippen LogP contribution in [-0.2, 0) is 9.47 Å². The summed E-state index contributed by atoms with van der Waals surface area (Å²) in [7, 11) is 0. The molecule has 2 aromatic carbocycles. The number of nitrogens with zero attached hydrogens (tertiary/aromatic N) is 2. The summed E-state index contributed by atoms with van der Waals surface area (Å²) in [6.07, 6.45) is 6.01. The third-order valence-electron chi connectivity index (χ3n) is 10.1. The molecule has 0 saturated carbocycles. The number of fused-ring (bicyclic) bond motifs is 8. The zero-order valence-corrected chi connectivity index (χ0v) is 36.6. The first-order chi connectivity index (χ1) is 26.0. The predicted molar refractivity (Wildman–Crippen MR) is 218 cm³/mol. The second kappa shape index (κ2) is 19.4. The Balaban J connectivity index is 0.00000300. The summed E-state index contributed by atoms with van der Waals surface area (Å²) in [5, 5.41) is 0. The Labute approximate surface area is 368 Å². The van der Waals surface area contributed by atoms with Crippen molar-refractivity contribution in [1.29, 1.82) is 0 Å². The fourth-order valence-electron chi connectivity index (χ4n) is 7.07. The number of nitrogens with one attached hydrogen (secondary N) is 2. The van der Waals surface area contributed by atoms with Gasteiger partial charge in [-0.15, -0.1) is 0 Å². The normalized spacial score (nSPS) is 14.3. The molecule has 8 bridgehead atoms.